The summed E-state index contributed by atoms with van der Waals surface area (Å²) in [6.45, 7) is 4.08. The summed E-state index contributed by atoms with van der Waals surface area (Å²) in [6.07, 6.45) is 0. The summed E-state index contributed by atoms with van der Waals surface area (Å²) >= 11 is 6.22. The lowest BCUT2D eigenvalue weighted by molar-refractivity contribution is 0.413. The first-order valence-electron chi connectivity index (χ1n) is 6.47. The number of hydrogen-bond acceptors (Lipinski definition) is 3. The van der Waals surface area contributed by atoms with E-state index in [9.17, 15) is 10.4 Å². The lowest BCUT2D eigenvalue weighted by Crippen LogP contribution is -2.19. The van der Waals surface area contributed by atoms with E-state index in [-0.39, 0.29) is 11.2 Å². The number of benzene rings is 2. The van der Waals surface area contributed by atoms with Crippen LogP contribution in [0.4, 0.5) is 0 Å². The van der Waals surface area contributed by atoms with Gasteiger partial charge in [0.15, 0.2) is 5.75 Å². The fourth-order valence-corrected chi connectivity index (χ4v) is 2.59. The average molecular weight is 302 g/mol. The summed E-state index contributed by atoms with van der Waals surface area (Å²) in [6, 6.07) is 12.7. The number of aromatic hydroxyl groups is 1. The summed E-state index contributed by atoms with van der Waals surface area (Å²) < 4.78 is 5.17. The number of ether oxygens (including phenoxy) is 1. The molecule has 0 aliphatic carbocycles. The lowest BCUT2D eigenvalue weighted by Gasteiger charge is -2.27. The molecule has 0 fully saturated rings. The molecule has 0 atom stereocenters. The maximum Gasteiger partial charge on any atom is 0.155 e. The van der Waals surface area contributed by atoms with Crippen LogP contribution >= 0.6 is 11.6 Å². The molecule has 0 saturated heterocycles. The number of phenols is 1. The van der Waals surface area contributed by atoms with Gasteiger partial charge in [-0.1, -0.05) is 37.6 Å². The Kier molecular flexibility index (Phi) is 4.11. The third kappa shape index (κ3) is 2.81. The Morgan fingerprint density at radius 2 is 1.76 bits per heavy atom. The van der Waals surface area contributed by atoms with Crippen LogP contribution in [0.3, 0.4) is 0 Å². The third-order valence-corrected chi connectivity index (χ3v) is 3.96. The molecular formula is C17H16ClNO2. The molecule has 0 heterocycles. The van der Waals surface area contributed by atoms with Crippen LogP contribution in [0.1, 0.15) is 30.5 Å². The van der Waals surface area contributed by atoms with Crippen molar-refractivity contribution in [3.8, 4) is 17.6 Å². The van der Waals surface area contributed by atoms with Crippen molar-refractivity contribution in [3.63, 3.8) is 0 Å². The van der Waals surface area contributed by atoms with E-state index in [4.69, 9.17) is 16.3 Å². The number of methoxy groups -OCH3 is 1. The fraction of sp³-hybridized carbons (Fsp3) is 0.235. The van der Waals surface area contributed by atoms with E-state index in [0.29, 0.717) is 16.3 Å². The molecule has 0 radical (unpaired) electrons. The second-order valence-electron chi connectivity index (χ2n) is 5.32. The Balaban J connectivity index is 2.57. The Labute approximate surface area is 129 Å². The van der Waals surface area contributed by atoms with Crippen molar-refractivity contribution in [2.75, 3.05) is 7.11 Å². The summed E-state index contributed by atoms with van der Waals surface area (Å²) in [7, 11) is 1.49. The molecule has 21 heavy (non-hydrogen) atoms. The molecule has 4 heteroatoms. The minimum atomic E-state index is -0.352. The van der Waals surface area contributed by atoms with Gasteiger partial charge >= 0.3 is 0 Å². The summed E-state index contributed by atoms with van der Waals surface area (Å²) in [5.41, 5.74) is 1.99. The molecule has 0 unspecified atom stereocenters. The van der Waals surface area contributed by atoms with E-state index in [0.717, 1.165) is 11.1 Å². The average Bonchev–Trinajstić information content (AvgIpc) is 2.46. The van der Waals surface area contributed by atoms with E-state index in [2.05, 4.69) is 6.07 Å². The first-order valence-corrected chi connectivity index (χ1v) is 6.85. The quantitative estimate of drug-likeness (QED) is 0.922. The minimum absolute atomic E-state index is 0.222. The van der Waals surface area contributed by atoms with Crippen molar-refractivity contribution in [2.45, 2.75) is 19.3 Å². The van der Waals surface area contributed by atoms with Crippen LogP contribution in [0, 0.1) is 11.3 Å². The van der Waals surface area contributed by atoms with Gasteiger partial charge in [0.05, 0.1) is 17.7 Å². The van der Waals surface area contributed by atoms with Crippen LogP contribution in [0.25, 0.3) is 0 Å². The van der Waals surface area contributed by atoms with E-state index in [1.54, 1.807) is 18.2 Å². The predicted molar refractivity (Wildman–Crippen MR) is 83.0 cm³/mol. The number of hydrogen-bond donors (Lipinski definition) is 1. The highest BCUT2D eigenvalue weighted by atomic mass is 35.5. The van der Waals surface area contributed by atoms with Gasteiger partial charge in [0.2, 0.25) is 0 Å². The molecular weight excluding hydrogens is 286 g/mol. The molecule has 0 aliphatic rings. The number of halogens is 1. The number of nitrogens with zero attached hydrogens (tertiary/aromatic N) is 1. The molecule has 0 bridgehead atoms. The minimum Gasteiger partial charge on any atom is -0.508 e. The van der Waals surface area contributed by atoms with Gasteiger partial charge < -0.3 is 9.84 Å². The smallest absolute Gasteiger partial charge is 0.155 e. The van der Waals surface area contributed by atoms with Crippen molar-refractivity contribution in [3.05, 3.63) is 58.1 Å². The number of phenolic OH excluding ortho intramolecular Hbond substituents is 1. The maximum atomic E-state index is 9.41. The van der Waals surface area contributed by atoms with Gasteiger partial charge in [-0.05, 0) is 35.4 Å². The Morgan fingerprint density at radius 3 is 2.29 bits per heavy atom. The van der Waals surface area contributed by atoms with E-state index in [1.165, 1.54) is 7.11 Å². The zero-order valence-corrected chi connectivity index (χ0v) is 12.9. The van der Waals surface area contributed by atoms with E-state index >= 15 is 0 Å². The van der Waals surface area contributed by atoms with Crippen molar-refractivity contribution < 1.29 is 9.84 Å². The van der Waals surface area contributed by atoms with Crippen LogP contribution in [-0.2, 0) is 5.41 Å². The molecule has 108 valence electrons. The zero-order chi connectivity index (χ0) is 15.6. The first kappa shape index (κ1) is 15.2. The van der Waals surface area contributed by atoms with Gasteiger partial charge in [0.1, 0.15) is 11.8 Å². The van der Waals surface area contributed by atoms with Gasteiger partial charge in [0.25, 0.3) is 0 Å². The molecule has 0 aliphatic heterocycles. The summed E-state index contributed by atoms with van der Waals surface area (Å²) in [5, 5.41) is 19.1. The van der Waals surface area contributed by atoms with Crippen LogP contribution in [-0.4, -0.2) is 12.2 Å². The number of rotatable bonds is 3. The highest BCUT2D eigenvalue weighted by Crippen LogP contribution is 2.38. The SMILES string of the molecule is COc1c(Cl)cc(C(C)(C)c2ccc(O)cc2)cc1C#N. The number of nitriles is 1. The topological polar surface area (TPSA) is 53.2 Å². The first-order chi connectivity index (χ1) is 9.90. The molecule has 2 aromatic rings. The standard InChI is InChI=1S/C17H16ClNO2/c1-17(2,12-4-6-14(20)7-5-12)13-8-11(10-19)16(21-3)15(18)9-13/h4-9,20H,1-3H3. The highest BCUT2D eigenvalue weighted by Gasteiger charge is 2.25. The van der Waals surface area contributed by atoms with Crippen LogP contribution in [0.5, 0.6) is 11.5 Å². The Hall–Kier alpha value is -2.18. The van der Waals surface area contributed by atoms with Crippen LogP contribution < -0.4 is 4.74 Å². The molecule has 1 N–H and O–H groups in total. The zero-order valence-electron chi connectivity index (χ0n) is 12.1. The predicted octanol–water partition coefficient (Wildman–Crippen LogP) is 4.25. The monoisotopic (exact) mass is 301 g/mol. The molecule has 2 rings (SSSR count). The summed E-state index contributed by atoms with van der Waals surface area (Å²) in [5.74, 6) is 0.615. The highest BCUT2D eigenvalue weighted by molar-refractivity contribution is 6.32. The second-order valence-corrected chi connectivity index (χ2v) is 5.73. The third-order valence-electron chi connectivity index (χ3n) is 3.68. The van der Waals surface area contributed by atoms with Gasteiger partial charge in [0, 0.05) is 5.41 Å². The lowest BCUT2D eigenvalue weighted by atomic mass is 9.77. The molecule has 0 aromatic heterocycles. The van der Waals surface area contributed by atoms with Gasteiger partial charge in [-0.3, -0.25) is 0 Å². The normalized spacial score (nSPS) is 11.0. The maximum absolute atomic E-state index is 9.41. The van der Waals surface area contributed by atoms with Gasteiger partial charge in [-0.25, -0.2) is 0 Å². The Morgan fingerprint density at radius 1 is 1.14 bits per heavy atom. The van der Waals surface area contributed by atoms with Gasteiger partial charge in [-0.2, -0.15) is 5.26 Å². The van der Waals surface area contributed by atoms with Crippen LogP contribution in [0.15, 0.2) is 36.4 Å². The molecule has 0 amide bonds. The van der Waals surface area contributed by atoms with Gasteiger partial charge in [-0.15, -0.1) is 0 Å². The van der Waals surface area contributed by atoms with E-state index in [1.807, 2.05) is 32.0 Å². The Bertz CT molecular complexity index is 700. The van der Waals surface area contributed by atoms with Crippen molar-refractivity contribution in [1.29, 1.82) is 5.26 Å². The molecule has 2 aromatic carbocycles. The van der Waals surface area contributed by atoms with Crippen LogP contribution in [0.2, 0.25) is 5.02 Å². The largest absolute Gasteiger partial charge is 0.508 e. The van der Waals surface area contributed by atoms with Crippen molar-refractivity contribution in [2.24, 2.45) is 0 Å². The molecule has 0 spiro atoms. The summed E-state index contributed by atoms with van der Waals surface area (Å²) in [4.78, 5) is 0. The molecule has 0 saturated carbocycles. The molecule has 3 nitrogen and oxygen atoms in total. The van der Waals surface area contributed by atoms with Crippen molar-refractivity contribution >= 4 is 11.6 Å². The van der Waals surface area contributed by atoms with E-state index < -0.39 is 0 Å². The fourth-order valence-electron chi connectivity index (χ4n) is 2.29. The van der Waals surface area contributed by atoms with Crippen molar-refractivity contribution in [1.82, 2.24) is 0 Å². The second kappa shape index (κ2) is 5.67.